The monoisotopic (exact) mass is 522 g/mol. The van der Waals surface area contributed by atoms with E-state index in [1.807, 2.05) is 24.3 Å². The van der Waals surface area contributed by atoms with Crippen LogP contribution in [0, 0.1) is 0 Å². The van der Waals surface area contributed by atoms with Crippen LogP contribution in [0.25, 0.3) is 5.76 Å². The molecular weight excluding hydrogens is 488 g/mol. The van der Waals surface area contributed by atoms with Gasteiger partial charge < -0.3 is 29.0 Å². The van der Waals surface area contributed by atoms with Gasteiger partial charge in [0.15, 0.2) is 11.5 Å². The summed E-state index contributed by atoms with van der Waals surface area (Å²) in [5.41, 5.74) is 1.15. The standard InChI is InChI=1S/C29H34N2O7/c1-2-3-13-36-22-6-4-5-20(18-22)26-25(27(32)21-7-8-23-24(19-21)38-17-16-37-23)28(33)29(34)31(26)10-9-30-11-14-35-15-12-30/h4-8,18-19,26,32H,2-3,9-17H2,1H3/b27-25+/t26-/m1/s1. The minimum absolute atomic E-state index is 0.0550. The van der Waals surface area contributed by atoms with Crippen molar-refractivity contribution in [3.05, 3.63) is 59.2 Å². The van der Waals surface area contributed by atoms with Crippen molar-refractivity contribution < 1.29 is 33.6 Å². The first-order chi connectivity index (χ1) is 18.6. The third-order valence-corrected chi connectivity index (χ3v) is 7.06. The Morgan fingerprint density at radius 3 is 2.58 bits per heavy atom. The highest BCUT2D eigenvalue weighted by Crippen LogP contribution is 2.41. The molecule has 9 nitrogen and oxygen atoms in total. The summed E-state index contributed by atoms with van der Waals surface area (Å²) in [6.07, 6.45) is 1.93. The first kappa shape index (κ1) is 26.1. The molecule has 2 aromatic carbocycles. The van der Waals surface area contributed by atoms with Crippen molar-refractivity contribution in [1.29, 1.82) is 0 Å². The number of hydrogen-bond donors (Lipinski definition) is 1. The van der Waals surface area contributed by atoms with Gasteiger partial charge in [-0.25, -0.2) is 0 Å². The molecule has 3 aliphatic heterocycles. The molecule has 1 amide bonds. The van der Waals surface area contributed by atoms with Crippen LogP contribution in [0.2, 0.25) is 0 Å². The van der Waals surface area contributed by atoms with Gasteiger partial charge in [-0.2, -0.15) is 0 Å². The minimum atomic E-state index is -0.751. The van der Waals surface area contributed by atoms with E-state index in [1.54, 1.807) is 23.1 Å². The molecule has 3 heterocycles. The van der Waals surface area contributed by atoms with Gasteiger partial charge in [0, 0.05) is 31.7 Å². The number of nitrogens with zero attached hydrogens (tertiary/aromatic N) is 2. The first-order valence-electron chi connectivity index (χ1n) is 13.3. The molecule has 1 atom stereocenters. The van der Waals surface area contributed by atoms with E-state index in [9.17, 15) is 14.7 Å². The molecule has 9 heteroatoms. The Morgan fingerprint density at radius 1 is 1.00 bits per heavy atom. The van der Waals surface area contributed by atoms with Crippen LogP contribution in [0.1, 0.15) is 36.9 Å². The second-order valence-corrected chi connectivity index (χ2v) is 9.58. The van der Waals surface area contributed by atoms with E-state index in [2.05, 4.69) is 11.8 Å². The van der Waals surface area contributed by atoms with Crippen molar-refractivity contribution in [2.24, 2.45) is 0 Å². The highest BCUT2D eigenvalue weighted by molar-refractivity contribution is 6.46. The number of ether oxygens (including phenoxy) is 4. The predicted octanol–water partition coefficient (Wildman–Crippen LogP) is 3.39. The fourth-order valence-electron chi connectivity index (χ4n) is 4.99. The Hall–Kier alpha value is -3.56. The van der Waals surface area contributed by atoms with Crippen LogP contribution in [0.5, 0.6) is 17.2 Å². The number of carbonyl (C=O) groups is 2. The lowest BCUT2D eigenvalue weighted by atomic mass is 9.95. The lowest BCUT2D eigenvalue weighted by Crippen LogP contribution is -2.42. The lowest BCUT2D eigenvalue weighted by molar-refractivity contribution is -0.140. The van der Waals surface area contributed by atoms with Gasteiger partial charge in [0.1, 0.15) is 24.7 Å². The SMILES string of the molecule is CCCCOc1cccc([C@@H]2/C(=C(\O)c3ccc4c(c3)OCCO4)C(=O)C(=O)N2CCN2CCOCC2)c1. The lowest BCUT2D eigenvalue weighted by Gasteiger charge is -2.31. The van der Waals surface area contributed by atoms with Crippen molar-refractivity contribution in [3.8, 4) is 17.2 Å². The number of morpholine rings is 1. The Morgan fingerprint density at radius 2 is 1.79 bits per heavy atom. The quantitative estimate of drug-likeness (QED) is 0.232. The fourth-order valence-corrected chi connectivity index (χ4v) is 4.99. The number of hydrogen-bond acceptors (Lipinski definition) is 8. The number of aliphatic hydroxyl groups excluding tert-OH is 1. The molecule has 0 unspecified atom stereocenters. The molecule has 0 bridgehead atoms. The number of carbonyl (C=O) groups excluding carboxylic acids is 2. The molecule has 2 aromatic rings. The molecule has 0 radical (unpaired) electrons. The molecule has 2 saturated heterocycles. The number of aliphatic hydroxyl groups is 1. The van der Waals surface area contributed by atoms with Crippen LogP contribution in [0.4, 0.5) is 0 Å². The third-order valence-electron chi connectivity index (χ3n) is 7.06. The number of Topliss-reactive ketones (excluding diaryl/α,β-unsaturated/α-hetero) is 1. The highest BCUT2D eigenvalue weighted by Gasteiger charge is 2.46. The topological polar surface area (TPSA) is 97.8 Å². The normalized spacial score (nSPS) is 21.1. The van der Waals surface area contributed by atoms with Crippen LogP contribution in [-0.4, -0.2) is 85.8 Å². The van der Waals surface area contributed by atoms with Gasteiger partial charge >= 0.3 is 0 Å². The Labute approximate surface area is 222 Å². The molecule has 38 heavy (non-hydrogen) atoms. The molecule has 0 aromatic heterocycles. The molecular formula is C29H34N2O7. The summed E-state index contributed by atoms with van der Waals surface area (Å²) in [7, 11) is 0. The van der Waals surface area contributed by atoms with E-state index >= 15 is 0 Å². The maximum atomic E-state index is 13.4. The Kier molecular flexibility index (Phi) is 8.14. The predicted molar refractivity (Wildman–Crippen MR) is 141 cm³/mol. The van der Waals surface area contributed by atoms with Crippen molar-refractivity contribution in [3.63, 3.8) is 0 Å². The molecule has 2 fully saturated rings. The summed E-state index contributed by atoms with van der Waals surface area (Å²) in [5, 5.41) is 11.4. The van der Waals surface area contributed by atoms with Crippen LogP contribution in [-0.2, 0) is 14.3 Å². The number of ketones is 1. The fraction of sp³-hybridized carbons (Fsp3) is 0.448. The number of amides is 1. The van der Waals surface area contributed by atoms with Gasteiger partial charge in [-0.3, -0.25) is 14.5 Å². The molecule has 0 aliphatic carbocycles. The Bertz CT molecular complexity index is 1210. The molecule has 3 aliphatic rings. The maximum absolute atomic E-state index is 13.4. The van der Waals surface area contributed by atoms with Gasteiger partial charge in [-0.1, -0.05) is 25.5 Å². The van der Waals surface area contributed by atoms with Crippen LogP contribution in [0.15, 0.2) is 48.0 Å². The summed E-state index contributed by atoms with van der Waals surface area (Å²) in [6, 6.07) is 11.7. The van der Waals surface area contributed by atoms with Gasteiger partial charge in [0.25, 0.3) is 11.7 Å². The number of benzene rings is 2. The van der Waals surface area contributed by atoms with E-state index in [0.717, 1.165) is 25.9 Å². The summed E-state index contributed by atoms with van der Waals surface area (Å²) in [6.45, 7) is 7.29. The van der Waals surface area contributed by atoms with Crippen molar-refractivity contribution in [1.82, 2.24) is 9.80 Å². The second-order valence-electron chi connectivity index (χ2n) is 9.58. The molecule has 0 saturated carbocycles. The minimum Gasteiger partial charge on any atom is -0.507 e. The summed E-state index contributed by atoms with van der Waals surface area (Å²) >= 11 is 0. The molecule has 5 rings (SSSR count). The van der Waals surface area contributed by atoms with Gasteiger partial charge in [0.05, 0.1) is 31.4 Å². The zero-order valence-electron chi connectivity index (χ0n) is 21.7. The second kappa shape index (κ2) is 11.9. The average molecular weight is 523 g/mol. The van der Waals surface area contributed by atoms with E-state index < -0.39 is 17.7 Å². The largest absolute Gasteiger partial charge is 0.507 e. The molecule has 1 N–H and O–H groups in total. The van der Waals surface area contributed by atoms with Crippen LogP contribution >= 0.6 is 0 Å². The number of rotatable bonds is 9. The summed E-state index contributed by atoms with van der Waals surface area (Å²) in [5.74, 6) is 0.156. The zero-order valence-corrected chi connectivity index (χ0v) is 21.7. The summed E-state index contributed by atoms with van der Waals surface area (Å²) in [4.78, 5) is 30.5. The van der Waals surface area contributed by atoms with Crippen molar-refractivity contribution >= 4 is 17.4 Å². The van der Waals surface area contributed by atoms with Crippen LogP contribution in [0.3, 0.4) is 0 Å². The Balaban J connectivity index is 1.52. The van der Waals surface area contributed by atoms with Crippen molar-refractivity contribution in [2.45, 2.75) is 25.8 Å². The first-order valence-corrected chi connectivity index (χ1v) is 13.3. The van der Waals surface area contributed by atoms with Gasteiger partial charge in [0.2, 0.25) is 0 Å². The highest BCUT2D eigenvalue weighted by atomic mass is 16.6. The van der Waals surface area contributed by atoms with Gasteiger partial charge in [-0.05, 0) is 42.3 Å². The zero-order chi connectivity index (χ0) is 26.5. The molecule has 202 valence electrons. The van der Waals surface area contributed by atoms with E-state index in [4.69, 9.17) is 18.9 Å². The van der Waals surface area contributed by atoms with Crippen LogP contribution < -0.4 is 14.2 Å². The van der Waals surface area contributed by atoms with Crippen molar-refractivity contribution in [2.75, 3.05) is 59.2 Å². The van der Waals surface area contributed by atoms with E-state index in [1.165, 1.54) is 0 Å². The van der Waals surface area contributed by atoms with E-state index in [-0.39, 0.29) is 11.3 Å². The smallest absolute Gasteiger partial charge is 0.295 e. The van der Waals surface area contributed by atoms with E-state index in [0.29, 0.717) is 74.5 Å². The maximum Gasteiger partial charge on any atom is 0.295 e. The number of fused-ring (bicyclic) bond motifs is 1. The molecule has 0 spiro atoms. The average Bonchev–Trinajstić information content (AvgIpc) is 3.21. The number of likely N-dealkylation sites (tertiary alicyclic amines) is 1. The van der Waals surface area contributed by atoms with Gasteiger partial charge in [-0.15, -0.1) is 0 Å². The third kappa shape index (κ3) is 5.49. The summed E-state index contributed by atoms with van der Waals surface area (Å²) < 4.78 is 22.6. The number of unbranched alkanes of at least 4 members (excludes halogenated alkanes) is 1.